The van der Waals surface area contributed by atoms with Crippen LogP contribution in [-0.4, -0.2) is 15.0 Å². The van der Waals surface area contributed by atoms with Crippen molar-refractivity contribution in [3.63, 3.8) is 0 Å². The molecule has 0 amide bonds. The molecule has 2 aliphatic rings. The monoisotopic (exact) mass is 849 g/mol. The molecular formula is C59H43N7. The van der Waals surface area contributed by atoms with Gasteiger partial charge in [0, 0.05) is 22.0 Å². The molecule has 0 aliphatic carbocycles. The summed E-state index contributed by atoms with van der Waals surface area (Å²) >= 11 is 0. The Bertz CT molecular complexity index is 3380. The number of anilines is 6. The van der Waals surface area contributed by atoms with E-state index in [4.69, 9.17) is 15.0 Å². The van der Waals surface area contributed by atoms with Gasteiger partial charge in [0.2, 0.25) is 0 Å². The molecule has 0 atom stereocenters. The molecular weight excluding hydrogens is 807 g/mol. The Kier molecular flexibility index (Phi) is 9.46. The van der Waals surface area contributed by atoms with Crippen LogP contribution in [-0.2, 0) is 10.8 Å². The second-order valence-corrected chi connectivity index (χ2v) is 17.8. The highest BCUT2D eigenvalue weighted by Crippen LogP contribution is 2.56. The van der Waals surface area contributed by atoms with Gasteiger partial charge in [0.1, 0.15) is 0 Å². The molecule has 0 saturated heterocycles. The fraction of sp³-hybridized carbons (Fsp3) is 0.102. The molecule has 0 spiro atoms. The highest BCUT2D eigenvalue weighted by atomic mass is 15.2. The number of benzene rings is 8. The normalized spacial score (nSPS) is 13.9. The van der Waals surface area contributed by atoms with Crippen molar-refractivity contribution in [3.8, 4) is 57.4 Å². The molecule has 3 heterocycles. The van der Waals surface area contributed by atoms with E-state index in [1.807, 2.05) is 78.9 Å². The second kappa shape index (κ2) is 15.6. The highest BCUT2D eigenvalue weighted by molar-refractivity contribution is 5.99. The molecule has 314 valence electrons. The first-order chi connectivity index (χ1) is 32.2. The Morgan fingerprint density at radius 3 is 1.23 bits per heavy atom. The standard InChI is InChI=1S/C59H43N7/c1-58(2)43-26-10-14-30-47(43)65(48-31-15-11-27-44(48)58)51-34-18-23-40(37-61)53(51)56-62-55(38-20-6-5-7-21-38)63-57(64-56)54-42(41-24-9-8-22-39(41)36-60)25-19-35-52(54)66-49-32-16-12-28-45(49)59(3,4)46-29-13-17-33-50(46)66/h5-35H,1-4H3. The van der Waals surface area contributed by atoms with E-state index in [9.17, 15) is 10.5 Å². The summed E-state index contributed by atoms with van der Waals surface area (Å²) in [4.78, 5) is 20.8. The number of hydrogen-bond acceptors (Lipinski definition) is 7. The molecule has 11 rings (SSSR count). The molecule has 8 aromatic carbocycles. The zero-order valence-corrected chi connectivity index (χ0v) is 37.0. The van der Waals surface area contributed by atoms with E-state index in [-0.39, 0.29) is 10.8 Å². The van der Waals surface area contributed by atoms with Crippen LogP contribution in [0.1, 0.15) is 61.1 Å². The minimum atomic E-state index is -0.298. The fourth-order valence-corrected chi connectivity index (χ4v) is 10.2. The summed E-state index contributed by atoms with van der Waals surface area (Å²) in [7, 11) is 0. The SMILES string of the molecule is CC1(C)c2ccccc2N(c2cccc(C#N)c2-c2nc(-c3ccccc3)nc(-c3c(-c4ccccc4C#N)cccc3N3c4ccccc4C(C)(C)c4ccccc43)n2)c2ccccc21. The third kappa shape index (κ3) is 6.20. The molecule has 7 nitrogen and oxygen atoms in total. The van der Waals surface area contributed by atoms with Crippen LogP contribution in [0, 0.1) is 22.7 Å². The van der Waals surface area contributed by atoms with Crippen LogP contribution in [0.3, 0.4) is 0 Å². The van der Waals surface area contributed by atoms with E-state index < -0.39 is 0 Å². The minimum Gasteiger partial charge on any atom is -0.309 e. The van der Waals surface area contributed by atoms with Gasteiger partial charge in [-0.3, -0.25) is 0 Å². The van der Waals surface area contributed by atoms with Crippen molar-refractivity contribution < 1.29 is 0 Å². The first-order valence-corrected chi connectivity index (χ1v) is 22.2. The Morgan fingerprint density at radius 1 is 0.348 bits per heavy atom. The van der Waals surface area contributed by atoms with E-state index in [1.54, 1.807) is 0 Å². The van der Waals surface area contributed by atoms with Crippen LogP contribution in [0.5, 0.6) is 0 Å². The zero-order valence-electron chi connectivity index (χ0n) is 37.0. The van der Waals surface area contributed by atoms with Crippen molar-refractivity contribution in [1.82, 2.24) is 15.0 Å². The van der Waals surface area contributed by atoms with Crippen molar-refractivity contribution in [2.75, 3.05) is 9.80 Å². The maximum Gasteiger partial charge on any atom is 0.167 e. The topological polar surface area (TPSA) is 92.7 Å². The first-order valence-electron chi connectivity index (χ1n) is 22.2. The van der Waals surface area contributed by atoms with Gasteiger partial charge in [-0.2, -0.15) is 10.5 Å². The van der Waals surface area contributed by atoms with E-state index in [1.165, 1.54) is 22.3 Å². The van der Waals surface area contributed by atoms with Gasteiger partial charge in [-0.15, -0.1) is 0 Å². The second-order valence-electron chi connectivity index (χ2n) is 17.8. The Labute approximate surface area is 385 Å². The van der Waals surface area contributed by atoms with Crippen LogP contribution in [0.15, 0.2) is 188 Å². The molecule has 0 N–H and O–H groups in total. The minimum absolute atomic E-state index is 0.293. The van der Waals surface area contributed by atoms with Gasteiger partial charge >= 0.3 is 0 Å². The maximum atomic E-state index is 11.1. The Balaban J connectivity index is 1.25. The van der Waals surface area contributed by atoms with Crippen molar-refractivity contribution in [2.45, 2.75) is 38.5 Å². The van der Waals surface area contributed by atoms with Crippen LogP contribution in [0.25, 0.3) is 45.3 Å². The summed E-state index contributed by atoms with van der Waals surface area (Å²) in [6.07, 6.45) is 0. The molecule has 1 aromatic heterocycles. The van der Waals surface area contributed by atoms with Crippen LogP contribution in [0.4, 0.5) is 34.1 Å². The Hall–Kier alpha value is -8.65. The van der Waals surface area contributed by atoms with Crippen LogP contribution >= 0.6 is 0 Å². The summed E-state index contributed by atoms with van der Waals surface area (Å²) in [5, 5.41) is 21.7. The number of fused-ring (bicyclic) bond motifs is 4. The lowest BCUT2D eigenvalue weighted by atomic mass is 9.73. The first kappa shape index (κ1) is 40.1. The van der Waals surface area contributed by atoms with Crippen molar-refractivity contribution >= 4 is 34.1 Å². The van der Waals surface area contributed by atoms with Gasteiger partial charge < -0.3 is 9.80 Å². The van der Waals surface area contributed by atoms with Gasteiger partial charge in [-0.25, -0.2) is 15.0 Å². The molecule has 0 saturated carbocycles. The predicted octanol–water partition coefficient (Wildman–Crippen LogP) is 14.5. The largest absolute Gasteiger partial charge is 0.309 e. The molecule has 9 aromatic rings. The quantitative estimate of drug-likeness (QED) is 0.164. The lowest BCUT2D eigenvalue weighted by molar-refractivity contribution is 0.632. The van der Waals surface area contributed by atoms with E-state index in [0.717, 1.165) is 56.4 Å². The maximum absolute atomic E-state index is 11.1. The lowest BCUT2D eigenvalue weighted by Gasteiger charge is -2.42. The number of nitrogens with zero attached hydrogens (tertiary/aromatic N) is 7. The van der Waals surface area contributed by atoms with Crippen LogP contribution in [0.2, 0.25) is 0 Å². The summed E-state index contributed by atoms with van der Waals surface area (Å²) < 4.78 is 0. The molecule has 2 aliphatic heterocycles. The van der Waals surface area contributed by atoms with Gasteiger partial charge in [-0.05, 0) is 76.3 Å². The third-order valence-corrected chi connectivity index (χ3v) is 13.4. The summed E-state index contributed by atoms with van der Waals surface area (Å²) in [6.45, 7) is 9.08. The van der Waals surface area contributed by atoms with Gasteiger partial charge in [0.15, 0.2) is 17.5 Å². The molecule has 0 radical (unpaired) electrons. The average molecular weight is 850 g/mol. The summed E-state index contributed by atoms with van der Waals surface area (Å²) in [5.74, 6) is 1.20. The molecule has 0 fully saturated rings. The molecule has 66 heavy (non-hydrogen) atoms. The van der Waals surface area contributed by atoms with E-state index >= 15 is 0 Å². The zero-order chi connectivity index (χ0) is 45.2. The Morgan fingerprint density at radius 2 is 0.712 bits per heavy atom. The number of para-hydroxylation sites is 4. The highest BCUT2D eigenvalue weighted by Gasteiger charge is 2.40. The molecule has 7 heteroatoms. The number of nitriles is 2. The number of hydrogen-bond donors (Lipinski definition) is 0. The smallest absolute Gasteiger partial charge is 0.167 e. The third-order valence-electron chi connectivity index (χ3n) is 13.4. The van der Waals surface area contributed by atoms with E-state index in [0.29, 0.717) is 34.2 Å². The van der Waals surface area contributed by atoms with Gasteiger partial charge in [0.05, 0.1) is 68.5 Å². The predicted molar refractivity (Wildman–Crippen MR) is 265 cm³/mol. The van der Waals surface area contributed by atoms with Crippen LogP contribution < -0.4 is 9.80 Å². The summed E-state index contributed by atoms with van der Waals surface area (Å²) in [5.41, 5.74) is 14.4. The van der Waals surface area contributed by atoms with Gasteiger partial charge in [-0.1, -0.05) is 167 Å². The fourth-order valence-electron chi connectivity index (χ4n) is 10.2. The molecule has 0 bridgehead atoms. The van der Waals surface area contributed by atoms with E-state index in [2.05, 4.69) is 159 Å². The van der Waals surface area contributed by atoms with Crippen molar-refractivity contribution in [1.29, 1.82) is 10.5 Å². The summed E-state index contributed by atoms with van der Waals surface area (Å²) in [6, 6.07) is 68.7. The molecule has 0 unspecified atom stereocenters. The lowest BCUT2D eigenvalue weighted by Crippen LogP contribution is -2.31. The number of rotatable bonds is 6. The van der Waals surface area contributed by atoms with Crippen molar-refractivity contribution in [3.05, 3.63) is 221 Å². The number of aromatic nitrogens is 3. The van der Waals surface area contributed by atoms with Crippen molar-refractivity contribution in [2.24, 2.45) is 0 Å². The average Bonchev–Trinajstić information content (AvgIpc) is 3.36. The van der Waals surface area contributed by atoms with Gasteiger partial charge in [0.25, 0.3) is 0 Å².